The van der Waals surface area contributed by atoms with Gasteiger partial charge in [0, 0.05) is 12.4 Å². The fourth-order valence-corrected chi connectivity index (χ4v) is 1.45. The highest BCUT2D eigenvalue weighted by molar-refractivity contribution is 5.65. The van der Waals surface area contributed by atoms with Crippen LogP contribution < -0.4 is 11.1 Å². The Morgan fingerprint density at radius 1 is 1.47 bits per heavy atom. The molecule has 0 fully saturated rings. The van der Waals surface area contributed by atoms with Crippen molar-refractivity contribution in [1.29, 1.82) is 0 Å². The van der Waals surface area contributed by atoms with Gasteiger partial charge in [0.2, 0.25) is 0 Å². The van der Waals surface area contributed by atoms with E-state index in [9.17, 15) is 10.2 Å². The standard InChI is InChI=1S/C10H15N5O2/c1-10(5-16,6-17)14-8-9-12-2-3-15(9)4-7(11)13-8/h2-4,16-17H,5-6,11H2,1H3,(H,13,14). The van der Waals surface area contributed by atoms with Crippen LogP contribution in [-0.4, -0.2) is 43.3 Å². The minimum absolute atomic E-state index is 0.229. The van der Waals surface area contributed by atoms with Crippen molar-refractivity contribution in [3.05, 3.63) is 18.6 Å². The average molecular weight is 237 g/mol. The van der Waals surface area contributed by atoms with Crippen LogP contribution in [0.1, 0.15) is 6.92 Å². The van der Waals surface area contributed by atoms with E-state index < -0.39 is 5.54 Å². The number of aromatic nitrogens is 3. The Balaban J connectivity index is 2.44. The summed E-state index contributed by atoms with van der Waals surface area (Å²) in [6.45, 7) is 1.22. The molecule has 2 heterocycles. The molecule has 0 aliphatic heterocycles. The molecule has 0 bridgehead atoms. The van der Waals surface area contributed by atoms with Crippen LogP contribution in [-0.2, 0) is 0 Å². The van der Waals surface area contributed by atoms with E-state index in [-0.39, 0.29) is 13.2 Å². The van der Waals surface area contributed by atoms with Gasteiger partial charge in [-0.1, -0.05) is 0 Å². The van der Waals surface area contributed by atoms with Gasteiger partial charge in [-0.25, -0.2) is 9.97 Å². The van der Waals surface area contributed by atoms with Crippen molar-refractivity contribution in [1.82, 2.24) is 14.4 Å². The lowest BCUT2D eigenvalue weighted by atomic mass is 10.1. The zero-order valence-electron chi connectivity index (χ0n) is 9.46. The molecule has 17 heavy (non-hydrogen) atoms. The maximum Gasteiger partial charge on any atom is 0.180 e. The molecule has 0 saturated carbocycles. The molecular formula is C10H15N5O2. The topological polar surface area (TPSA) is 109 Å². The maximum absolute atomic E-state index is 9.23. The summed E-state index contributed by atoms with van der Waals surface area (Å²) >= 11 is 0. The predicted octanol–water partition coefficient (Wildman–Crippen LogP) is -0.533. The van der Waals surface area contributed by atoms with Gasteiger partial charge in [-0.2, -0.15) is 0 Å². The predicted molar refractivity (Wildman–Crippen MR) is 63.6 cm³/mol. The lowest BCUT2D eigenvalue weighted by Gasteiger charge is -2.26. The first-order valence-corrected chi connectivity index (χ1v) is 5.17. The summed E-state index contributed by atoms with van der Waals surface area (Å²) < 4.78 is 1.72. The van der Waals surface area contributed by atoms with Crippen LogP contribution in [0.15, 0.2) is 18.6 Å². The summed E-state index contributed by atoms with van der Waals surface area (Å²) in [5.74, 6) is 0.761. The zero-order chi connectivity index (χ0) is 12.5. The fraction of sp³-hybridized carbons (Fsp3) is 0.400. The highest BCUT2D eigenvalue weighted by Crippen LogP contribution is 2.19. The van der Waals surface area contributed by atoms with Crippen LogP contribution in [0.25, 0.3) is 5.65 Å². The van der Waals surface area contributed by atoms with E-state index >= 15 is 0 Å². The van der Waals surface area contributed by atoms with Crippen molar-refractivity contribution < 1.29 is 10.2 Å². The molecule has 0 unspecified atom stereocenters. The number of nitrogens with zero attached hydrogens (tertiary/aromatic N) is 3. The summed E-state index contributed by atoms with van der Waals surface area (Å²) in [7, 11) is 0. The molecule has 0 amide bonds. The molecule has 5 N–H and O–H groups in total. The summed E-state index contributed by atoms with van der Waals surface area (Å²) in [6, 6.07) is 0. The largest absolute Gasteiger partial charge is 0.394 e. The van der Waals surface area contributed by atoms with Crippen molar-refractivity contribution in [2.45, 2.75) is 12.5 Å². The Morgan fingerprint density at radius 3 is 2.82 bits per heavy atom. The maximum atomic E-state index is 9.23. The number of hydrogen-bond acceptors (Lipinski definition) is 6. The fourth-order valence-electron chi connectivity index (χ4n) is 1.45. The number of nitrogen functional groups attached to an aromatic ring is 1. The number of fused-ring (bicyclic) bond motifs is 1. The van der Waals surface area contributed by atoms with Gasteiger partial charge in [-0.05, 0) is 6.92 Å². The molecule has 2 aromatic rings. The van der Waals surface area contributed by atoms with E-state index in [0.717, 1.165) is 0 Å². The number of aliphatic hydroxyl groups excluding tert-OH is 2. The zero-order valence-corrected chi connectivity index (χ0v) is 9.46. The van der Waals surface area contributed by atoms with Crippen LogP contribution >= 0.6 is 0 Å². The second kappa shape index (κ2) is 4.19. The minimum Gasteiger partial charge on any atom is -0.394 e. The molecular weight excluding hydrogens is 222 g/mol. The van der Waals surface area contributed by atoms with Gasteiger partial charge in [-0.3, -0.25) is 0 Å². The van der Waals surface area contributed by atoms with Crippen LogP contribution in [0.4, 0.5) is 11.6 Å². The third kappa shape index (κ3) is 2.15. The van der Waals surface area contributed by atoms with Crippen LogP contribution in [0.2, 0.25) is 0 Å². The highest BCUT2D eigenvalue weighted by Gasteiger charge is 2.24. The first-order valence-electron chi connectivity index (χ1n) is 5.17. The average Bonchev–Trinajstić information content (AvgIpc) is 2.77. The highest BCUT2D eigenvalue weighted by atomic mass is 16.3. The molecule has 0 saturated heterocycles. The summed E-state index contributed by atoms with van der Waals surface area (Å²) in [6.07, 6.45) is 5.01. The smallest absolute Gasteiger partial charge is 0.180 e. The number of anilines is 2. The molecule has 0 aliphatic rings. The van der Waals surface area contributed by atoms with Gasteiger partial charge < -0.3 is 25.7 Å². The molecule has 0 aromatic carbocycles. The van der Waals surface area contributed by atoms with Crippen molar-refractivity contribution >= 4 is 17.3 Å². The number of nitrogens with two attached hydrogens (primary N) is 1. The third-order valence-electron chi connectivity index (χ3n) is 2.51. The van der Waals surface area contributed by atoms with E-state index in [4.69, 9.17) is 5.73 Å². The quantitative estimate of drug-likeness (QED) is 0.569. The van der Waals surface area contributed by atoms with E-state index in [1.54, 1.807) is 29.9 Å². The monoisotopic (exact) mass is 237 g/mol. The molecule has 0 radical (unpaired) electrons. The number of hydrogen-bond donors (Lipinski definition) is 4. The van der Waals surface area contributed by atoms with E-state index in [1.165, 1.54) is 0 Å². The van der Waals surface area contributed by atoms with Crippen LogP contribution in [0.5, 0.6) is 0 Å². The molecule has 92 valence electrons. The number of nitrogens with one attached hydrogen (secondary N) is 1. The van der Waals surface area contributed by atoms with E-state index in [2.05, 4.69) is 15.3 Å². The summed E-state index contributed by atoms with van der Waals surface area (Å²) in [5.41, 5.74) is 5.38. The van der Waals surface area contributed by atoms with Gasteiger partial charge in [0.15, 0.2) is 11.5 Å². The molecule has 2 aromatic heterocycles. The molecule has 7 heteroatoms. The Morgan fingerprint density at radius 2 is 2.18 bits per heavy atom. The molecule has 2 rings (SSSR count). The van der Waals surface area contributed by atoms with Gasteiger partial charge in [0.25, 0.3) is 0 Å². The Bertz CT molecular complexity index is 520. The molecule has 0 aliphatic carbocycles. The molecule has 0 spiro atoms. The second-order valence-electron chi connectivity index (χ2n) is 4.17. The Labute approximate surface area is 97.9 Å². The van der Waals surface area contributed by atoms with E-state index in [1.807, 2.05) is 0 Å². The minimum atomic E-state index is -0.868. The van der Waals surface area contributed by atoms with Gasteiger partial charge in [0.1, 0.15) is 5.82 Å². The van der Waals surface area contributed by atoms with Crippen LogP contribution in [0.3, 0.4) is 0 Å². The van der Waals surface area contributed by atoms with Crippen molar-refractivity contribution in [2.75, 3.05) is 24.3 Å². The molecule has 0 atom stereocenters. The Hall–Kier alpha value is -1.86. The van der Waals surface area contributed by atoms with Crippen molar-refractivity contribution in [2.24, 2.45) is 0 Å². The number of imidazole rings is 1. The lowest BCUT2D eigenvalue weighted by molar-refractivity contribution is 0.147. The first kappa shape index (κ1) is 11.6. The van der Waals surface area contributed by atoms with E-state index in [0.29, 0.717) is 17.3 Å². The lowest BCUT2D eigenvalue weighted by Crippen LogP contribution is -2.43. The van der Waals surface area contributed by atoms with Crippen molar-refractivity contribution in [3.63, 3.8) is 0 Å². The first-order chi connectivity index (χ1) is 8.08. The van der Waals surface area contributed by atoms with Gasteiger partial charge >= 0.3 is 0 Å². The number of aliphatic hydroxyl groups is 2. The summed E-state index contributed by atoms with van der Waals surface area (Å²) in [4.78, 5) is 8.25. The normalized spacial score (nSPS) is 11.9. The number of rotatable bonds is 4. The summed E-state index contributed by atoms with van der Waals surface area (Å²) in [5, 5.41) is 21.4. The Kier molecular flexibility index (Phi) is 2.86. The van der Waals surface area contributed by atoms with Gasteiger partial charge in [-0.15, -0.1) is 0 Å². The van der Waals surface area contributed by atoms with Crippen molar-refractivity contribution in [3.8, 4) is 0 Å². The molecule has 7 nitrogen and oxygen atoms in total. The van der Waals surface area contributed by atoms with Gasteiger partial charge in [0.05, 0.1) is 24.9 Å². The second-order valence-corrected chi connectivity index (χ2v) is 4.17. The van der Waals surface area contributed by atoms with Crippen LogP contribution in [0, 0.1) is 0 Å². The SMILES string of the molecule is CC(CO)(CO)Nc1nc(N)cn2ccnc12. The third-order valence-corrected chi connectivity index (χ3v) is 2.51.